The van der Waals surface area contributed by atoms with Gasteiger partial charge < -0.3 is 4.74 Å². The number of benzene rings is 1. The summed E-state index contributed by atoms with van der Waals surface area (Å²) >= 11 is 0. The van der Waals surface area contributed by atoms with Gasteiger partial charge in [-0.15, -0.1) is 0 Å². The molecule has 0 saturated heterocycles. The Balaban J connectivity index is 2.34. The van der Waals surface area contributed by atoms with Crippen LogP contribution in [0.4, 0.5) is 5.82 Å². The average Bonchev–Trinajstić information content (AvgIpc) is 2.79. The molecule has 0 saturated carbocycles. The van der Waals surface area contributed by atoms with Crippen LogP contribution >= 0.6 is 0 Å². The minimum Gasteiger partial charge on any atom is -0.462 e. The van der Waals surface area contributed by atoms with Crippen molar-refractivity contribution < 1.29 is 17.9 Å². The van der Waals surface area contributed by atoms with Crippen LogP contribution in [0.15, 0.2) is 35.4 Å². The number of aryl methyl sites for hydroxylation is 2. The molecule has 118 valence electrons. The van der Waals surface area contributed by atoms with Crippen LogP contribution in [0, 0.1) is 6.92 Å². The van der Waals surface area contributed by atoms with Gasteiger partial charge in [0.05, 0.1) is 11.5 Å². The Labute approximate surface area is 129 Å². The molecule has 0 bridgehead atoms. The van der Waals surface area contributed by atoms with Crippen LogP contribution in [0.1, 0.15) is 22.8 Å². The molecule has 22 heavy (non-hydrogen) atoms. The number of aromatic nitrogens is 2. The summed E-state index contributed by atoms with van der Waals surface area (Å²) in [5.74, 6) is -0.682. The second-order valence-corrected chi connectivity index (χ2v) is 6.39. The summed E-state index contributed by atoms with van der Waals surface area (Å²) in [6.45, 7) is 3.73. The highest BCUT2D eigenvalue weighted by Gasteiger charge is 2.22. The zero-order chi connectivity index (χ0) is 16.3. The van der Waals surface area contributed by atoms with Crippen LogP contribution in [0.5, 0.6) is 0 Å². The number of ether oxygens (including phenoxy) is 1. The van der Waals surface area contributed by atoms with Gasteiger partial charge in [0, 0.05) is 13.2 Å². The van der Waals surface area contributed by atoms with Gasteiger partial charge in [-0.2, -0.15) is 5.10 Å². The Morgan fingerprint density at radius 3 is 2.55 bits per heavy atom. The predicted octanol–water partition coefficient (Wildman–Crippen LogP) is 1.71. The highest BCUT2D eigenvalue weighted by atomic mass is 32.2. The third kappa shape index (κ3) is 3.45. The first kappa shape index (κ1) is 16.0. The van der Waals surface area contributed by atoms with Gasteiger partial charge in [0.1, 0.15) is 5.56 Å². The molecule has 0 aliphatic carbocycles. The number of rotatable bonds is 5. The van der Waals surface area contributed by atoms with Gasteiger partial charge in [0.25, 0.3) is 10.0 Å². The maximum atomic E-state index is 12.3. The summed E-state index contributed by atoms with van der Waals surface area (Å²) in [6, 6.07) is 6.37. The number of carbonyl (C=O) groups is 1. The number of esters is 1. The number of nitrogens with zero attached hydrogens (tertiary/aromatic N) is 2. The smallest absolute Gasteiger partial charge is 0.343 e. The molecular formula is C14H17N3O4S. The van der Waals surface area contributed by atoms with Gasteiger partial charge in [-0.05, 0) is 26.0 Å². The van der Waals surface area contributed by atoms with Crippen molar-refractivity contribution in [2.24, 2.45) is 7.05 Å². The van der Waals surface area contributed by atoms with E-state index in [0.29, 0.717) is 0 Å². The van der Waals surface area contributed by atoms with E-state index in [1.54, 1.807) is 26.1 Å². The fraction of sp³-hybridized carbons (Fsp3) is 0.286. The molecule has 1 N–H and O–H groups in total. The minimum absolute atomic E-state index is 0.0541. The van der Waals surface area contributed by atoms with Crippen molar-refractivity contribution in [1.29, 1.82) is 0 Å². The summed E-state index contributed by atoms with van der Waals surface area (Å²) in [6.07, 6.45) is 1.41. The fourth-order valence-corrected chi connectivity index (χ4v) is 2.84. The number of anilines is 1. The molecule has 0 unspecified atom stereocenters. The molecule has 2 aromatic rings. The third-order valence-corrected chi connectivity index (χ3v) is 4.24. The zero-order valence-corrected chi connectivity index (χ0v) is 13.3. The Hall–Kier alpha value is -2.35. The van der Waals surface area contributed by atoms with E-state index in [9.17, 15) is 13.2 Å². The molecule has 0 spiro atoms. The summed E-state index contributed by atoms with van der Waals surface area (Å²) in [4.78, 5) is 11.9. The van der Waals surface area contributed by atoms with Crippen molar-refractivity contribution in [2.45, 2.75) is 18.7 Å². The zero-order valence-electron chi connectivity index (χ0n) is 12.5. The maximum Gasteiger partial charge on any atom is 0.343 e. The summed E-state index contributed by atoms with van der Waals surface area (Å²) in [7, 11) is -2.23. The van der Waals surface area contributed by atoms with E-state index in [0.717, 1.165) is 5.56 Å². The first-order valence-electron chi connectivity index (χ1n) is 6.63. The van der Waals surface area contributed by atoms with Crippen LogP contribution in [-0.2, 0) is 21.8 Å². The highest BCUT2D eigenvalue weighted by Crippen LogP contribution is 2.19. The summed E-state index contributed by atoms with van der Waals surface area (Å²) < 4.78 is 33.2. The van der Waals surface area contributed by atoms with Crippen LogP contribution in [0.25, 0.3) is 0 Å². The summed E-state index contributed by atoms with van der Waals surface area (Å²) in [5.41, 5.74) is 1.02. The molecule has 0 radical (unpaired) electrons. The molecule has 7 nitrogen and oxygen atoms in total. The SMILES string of the molecule is CCOC(=O)c1cn(C)nc1NS(=O)(=O)c1ccc(C)cc1. The van der Waals surface area contributed by atoms with Gasteiger partial charge in [-0.25, -0.2) is 13.2 Å². The Bertz CT molecular complexity index is 779. The van der Waals surface area contributed by atoms with E-state index >= 15 is 0 Å². The lowest BCUT2D eigenvalue weighted by Crippen LogP contribution is -2.16. The normalized spacial score (nSPS) is 11.2. The number of sulfonamides is 1. The van der Waals surface area contributed by atoms with Crippen molar-refractivity contribution in [2.75, 3.05) is 11.3 Å². The van der Waals surface area contributed by atoms with E-state index in [1.807, 2.05) is 6.92 Å². The monoisotopic (exact) mass is 323 g/mol. The van der Waals surface area contributed by atoms with Crippen molar-refractivity contribution >= 4 is 21.8 Å². The lowest BCUT2D eigenvalue weighted by atomic mass is 10.2. The van der Waals surface area contributed by atoms with E-state index in [1.165, 1.54) is 23.0 Å². The highest BCUT2D eigenvalue weighted by molar-refractivity contribution is 7.92. The fourth-order valence-electron chi connectivity index (χ4n) is 1.83. The first-order valence-corrected chi connectivity index (χ1v) is 8.12. The van der Waals surface area contributed by atoms with Gasteiger partial charge in [-0.3, -0.25) is 9.40 Å². The van der Waals surface area contributed by atoms with Crippen LogP contribution in [0.2, 0.25) is 0 Å². The van der Waals surface area contributed by atoms with Crippen molar-refractivity contribution in [3.05, 3.63) is 41.6 Å². The van der Waals surface area contributed by atoms with Crippen LogP contribution < -0.4 is 4.72 Å². The van der Waals surface area contributed by atoms with Crippen LogP contribution in [-0.4, -0.2) is 30.8 Å². The van der Waals surface area contributed by atoms with E-state index in [4.69, 9.17) is 4.74 Å². The molecule has 1 aromatic heterocycles. The second-order valence-electron chi connectivity index (χ2n) is 4.70. The van der Waals surface area contributed by atoms with Crippen molar-refractivity contribution in [3.63, 3.8) is 0 Å². The largest absolute Gasteiger partial charge is 0.462 e. The lowest BCUT2D eigenvalue weighted by Gasteiger charge is -2.07. The van der Waals surface area contributed by atoms with Gasteiger partial charge >= 0.3 is 5.97 Å². The van der Waals surface area contributed by atoms with E-state index in [2.05, 4.69) is 9.82 Å². The number of carbonyl (C=O) groups excluding carboxylic acids is 1. The molecule has 0 amide bonds. The Morgan fingerprint density at radius 1 is 1.32 bits per heavy atom. The summed E-state index contributed by atoms with van der Waals surface area (Å²) in [5, 5.41) is 3.97. The molecule has 1 heterocycles. The van der Waals surface area contributed by atoms with Crippen molar-refractivity contribution in [3.8, 4) is 0 Å². The molecule has 8 heteroatoms. The Morgan fingerprint density at radius 2 is 1.95 bits per heavy atom. The predicted molar refractivity (Wildman–Crippen MR) is 81.2 cm³/mol. The van der Waals surface area contributed by atoms with Crippen LogP contribution in [0.3, 0.4) is 0 Å². The second kappa shape index (κ2) is 6.18. The standard InChI is InChI=1S/C14H17N3O4S/c1-4-21-14(18)12-9-17(3)15-13(12)16-22(19,20)11-7-5-10(2)6-8-11/h5-9H,4H2,1-3H3,(H,15,16). The molecule has 2 rings (SSSR count). The van der Waals surface area contributed by atoms with Crippen molar-refractivity contribution in [1.82, 2.24) is 9.78 Å². The van der Waals surface area contributed by atoms with Gasteiger partial charge in [0.15, 0.2) is 5.82 Å². The molecule has 1 aromatic carbocycles. The molecule has 0 aliphatic rings. The maximum absolute atomic E-state index is 12.3. The van der Waals surface area contributed by atoms with Gasteiger partial charge in [-0.1, -0.05) is 17.7 Å². The number of hydrogen-bond acceptors (Lipinski definition) is 5. The lowest BCUT2D eigenvalue weighted by molar-refractivity contribution is 0.0527. The Kier molecular flexibility index (Phi) is 4.51. The number of nitrogens with one attached hydrogen (secondary N) is 1. The van der Waals surface area contributed by atoms with Gasteiger partial charge in [0.2, 0.25) is 0 Å². The molecular weight excluding hydrogens is 306 g/mol. The quantitative estimate of drug-likeness (QED) is 0.846. The average molecular weight is 323 g/mol. The third-order valence-electron chi connectivity index (χ3n) is 2.89. The minimum atomic E-state index is -3.82. The molecule has 0 aliphatic heterocycles. The first-order chi connectivity index (χ1) is 10.3. The van der Waals surface area contributed by atoms with E-state index < -0.39 is 16.0 Å². The molecule has 0 atom stereocenters. The molecule has 0 fully saturated rings. The number of hydrogen-bond donors (Lipinski definition) is 1. The topological polar surface area (TPSA) is 90.3 Å². The van der Waals surface area contributed by atoms with E-state index in [-0.39, 0.29) is 22.9 Å².